The van der Waals surface area contributed by atoms with E-state index in [1.807, 2.05) is 38.1 Å². The molecule has 0 aliphatic carbocycles. The molecule has 0 atom stereocenters. The minimum atomic E-state index is -0.177. The van der Waals surface area contributed by atoms with Gasteiger partial charge in [0.1, 0.15) is 0 Å². The first-order valence-corrected chi connectivity index (χ1v) is 6.24. The molecule has 94 valence electrons. The summed E-state index contributed by atoms with van der Waals surface area (Å²) in [4.78, 5) is 11.8. The molecule has 0 saturated heterocycles. The van der Waals surface area contributed by atoms with Crippen molar-refractivity contribution in [2.45, 2.75) is 45.6 Å². The molecule has 17 heavy (non-hydrogen) atoms. The summed E-state index contributed by atoms with van der Waals surface area (Å²) in [5, 5.41) is 3.63. The first-order chi connectivity index (χ1) is 7.81. The number of carbonyl (C=O) groups is 1. The van der Waals surface area contributed by atoms with Crippen molar-refractivity contribution in [3.8, 4) is 0 Å². The molecule has 0 aliphatic rings. The average molecular weight is 254 g/mol. The maximum Gasteiger partial charge on any atom is 0.221 e. The van der Waals surface area contributed by atoms with E-state index in [0.29, 0.717) is 6.42 Å². The lowest BCUT2D eigenvalue weighted by molar-refractivity contribution is -0.122. The van der Waals surface area contributed by atoms with E-state index in [0.717, 1.165) is 10.6 Å². The molecule has 0 radical (unpaired) electrons. The van der Waals surface area contributed by atoms with Crippen molar-refractivity contribution in [3.05, 3.63) is 34.9 Å². The maximum absolute atomic E-state index is 11.8. The summed E-state index contributed by atoms with van der Waals surface area (Å²) in [6.45, 7) is 8.06. The van der Waals surface area contributed by atoms with Crippen molar-refractivity contribution in [3.63, 3.8) is 0 Å². The van der Waals surface area contributed by atoms with Crippen LogP contribution in [0.15, 0.2) is 24.3 Å². The molecule has 1 N–H and O–H groups in total. The van der Waals surface area contributed by atoms with Gasteiger partial charge in [-0.25, -0.2) is 0 Å². The van der Waals surface area contributed by atoms with Crippen LogP contribution in [0.5, 0.6) is 0 Å². The van der Waals surface area contributed by atoms with Gasteiger partial charge in [0, 0.05) is 17.5 Å². The largest absolute Gasteiger partial charge is 0.354 e. The van der Waals surface area contributed by atoms with Gasteiger partial charge in [0.25, 0.3) is 0 Å². The molecule has 3 heteroatoms. The fraction of sp³-hybridized carbons (Fsp3) is 0.500. The highest BCUT2D eigenvalue weighted by atomic mass is 35.5. The van der Waals surface area contributed by atoms with Crippen molar-refractivity contribution < 1.29 is 4.79 Å². The van der Waals surface area contributed by atoms with Crippen molar-refractivity contribution in [2.75, 3.05) is 0 Å². The fourth-order valence-electron chi connectivity index (χ4n) is 1.78. The van der Waals surface area contributed by atoms with E-state index in [2.05, 4.69) is 19.2 Å². The van der Waals surface area contributed by atoms with Gasteiger partial charge in [0.15, 0.2) is 0 Å². The van der Waals surface area contributed by atoms with Crippen LogP contribution >= 0.6 is 11.6 Å². The third kappa shape index (κ3) is 4.39. The molecule has 0 unspecified atom stereocenters. The lowest BCUT2D eigenvalue weighted by Crippen LogP contribution is -2.35. The van der Waals surface area contributed by atoms with E-state index in [9.17, 15) is 4.79 Å². The van der Waals surface area contributed by atoms with E-state index < -0.39 is 0 Å². The van der Waals surface area contributed by atoms with Crippen LogP contribution in [0.1, 0.15) is 39.7 Å². The molecule has 0 bridgehead atoms. The molecule has 0 fully saturated rings. The maximum atomic E-state index is 11.8. The molecule has 0 aliphatic heterocycles. The minimum Gasteiger partial charge on any atom is -0.354 e. The Labute approximate surface area is 108 Å². The Kier molecular flexibility index (Phi) is 4.58. The van der Waals surface area contributed by atoms with Gasteiger partial charge in [-0.05, 0) is 37.0 Å². The van der Waals surface area contributed by atoms with Crippen LogP contribution in [0.25, 0.3) is 0 Å². The SMILES string of the molecule is CC(C)NC(=O)CC(C)(C)c1ccc(Cl)cc1. The zero-order valence-electron chi connectivity index (χ0n) is 10.9. The average Bonchev–Trinajstić information content (AvgIpc) is 2.15. The molecular formula is C14H20ClNO. The predicted octanol–water partition coefficient (Wildman–Crippen LogP) is 3.53. The summed E-state index contributed by atoms with van der Waals surface area (Å²) in [6, 6.07) is 7.86. The summed E-state index contributed by atoms with van der Waals surface area (Å²) < 4.78 is 0. The highest BCUT2D eigenvalue weighted by Gasteiger charge is 2.24. The number of benzene rings is 1. The molecule has 0 heterocycles. The first-order valence-electron chi connectivity index (χ1n) is 5.86. The zero-order chi connectivity index (χ0) is 13.1. The summed E-state index contributed by atoms with van der Waals surface area (Å²) in [6.07, 6.45) is 0.479. The third-order valence-corrected chi connectivity index (χ3v) is 2.93. The molecule has 0 aromatic heterocycles. The Morgan fingerprint density at radius 2 is 1.82 bits per heavy atom. The molecule has 0 spiro atoms. The Bertz CT molecular complexity index is 382. The van der Waals surface area contributed by atoms with Crippen LogP contribution in [0.4, 0.5) is 0 Å². The second-order valence-electron chi connectivity index (χ2n) is 5.29. The van der Waals surface area contributed by atoms with Crippen LogP contribution in [0, 0.1) is 0 Å². The van der Waals surface area contributed by atoms with Crippen LogP contribution in [-0.2, 0) is 10.2 Å². The number of hydrogen-bond donors (Lipinski definition) is 1. The summed E-state index contributed by atoms with van der Waals surface area (Å²) in [7, 11) is 0. The number of carbonyl (C=O) groups excluding carboxylic acids is 1. The van der Waals surface area contributed by atoms with E-state index in [1.165, 1.54) is 0 Å². The number of rotatable bonds is 4. The standard InChI is InChI=1S/C14H20ClNO/c1-10(2)16-13(17)9-14(3,4)11-5-7-12(15)8-6-11/h5-8,10H,9H2,1-4H3,(H,16,17). The molecule has 1 amide bonds. The first kappa shape index (κ1) is 14.0. The minimum absolute atomic E-state index is 0.0833. The number of amides is 1. The molecule has 1 aromatic carbocycles. The molecule has 1 rings (SSSR count). The van der Waals surface area contributed by atoms with E-state index in [4.69, 9.17) is 11.6 Å². The summed E-state index contributed by atoms with van der Waals surface area (Å²) >= 11 is 5.86. The van der Waals surface area contributed by atoms with Gasteiger partial charge in [-0.2, -0.15) is 0 Å². The van der Waals surface area contributed by atoms with Crippen LogP contribution in [0.2, 0.25) is 5.02 Å². The van der Waals surface area contributed by atoms with Crippen molar-refractivity contribution in [1.82, 2.24) is 5.32 Å². The van der Waals surface area contributed by atoms with Gasteiger partial charge in [0.05, 0.1) is 0 Å². The van der Waals surface area contributed by atoms with E-state index in [1.54, 1.807) is 0 Å². The molecule has 2 nitrogen and oxygen atoms in total. The van der Waals surface area contributed by atoms with Crippen molar-refractivity contribution >= 4 is 17.5 Å². The highest BCUT2D eigenvalue weighted by Crippen LogP contribution is 2.27. The molecule has 1 aromatic rings. The predicted molar refractivity (Wildman–Crippen MR) is 72.4 cm³/mol. The Morgan fingerprint density at radius 3 is 2.29 bits per heavy atom. The summed E-state index contributed by atoms with van der Waals surface area (Å²) in [5.41, 5.74) is 0.949. The second kappa shape index (κ2) is 5.54. The smallest absolute Gasteiger partial charge is 0.221 e. The van der Waals surface area contributed by atoms with Gasteiger partial charge >= 0.3 is 0 Å². The topological polar surface area (TPSA) is 29.1 Å². The Morgan fingerprint density at radius 1 is 1.29 bits per heavy atom. The van der Waals surface area contributed by atoms with E-state index in [-0.39, 0.29) is 17.4 Å². The normalized spacial score (nSPS) is 11.6. The summed E-state index contributed by atoms with van der Waals surface area (Å²) in [5.74, 6) is 0.0833. The van der Waals surface area contributed by atoms with Gasteiger partial charge in [-0.3, -0.25) is 4.79 Å². The van der Waals surface area contributed by atoms with Crippen molar-refractivity contribution in [1.29, 1.82) is 0 Å². The van der Waals surface area contributed by atoms with Gasteiger partial charge in [-0.15, -0.1) is 0 Å². The number of hydrogen-bond acceptors (Lipinski definition) is 1. The Hall–Kier alpha value is -1.02. The monoisotopic (exact) mass is 253 g/mol. The lowest BCUT2D eigenvalue weighted by Gasteiger charge is -2.25. The zero-order valence-corrected chi connectivity index (χ0v) is 11.6. The van der Waals surface area contributed by atoms with Gasteiger partial charge in [0.2, 0.25) is 5.91 Å². The second-order valence-corrected chi connectivity index (χ2v) is 5.73. The lowest BCUT2D eigenvalue weighted by atomic mass is 9.81. The Balaban J connectivity index is 2.74. The highest BCUT2D eigenvalue weighted by molar-refractivity contribution is 6.30. The van der Waals surface area contributed by atoms with Crippen LogP contribution in [-0.4, -0.2) is 11.9 Å². The van der Waals surface area contributed by atoms with Crippen LogP contribution in [0.3, 0.4) is 0 Å². The van der Waals surface area contributed by atoms with Gasteiger partial charge < -0.3 is 5.32 Å². The third-order valence-electron chi connectivity index (χ3n) is 2.68. The van der Waals surface area contributed by atoms with Gasteiger partial charge in [-0.1, -0.05) is 37.6 Å². The number of halogens is 1. The molecular weight excluding hydrogens is 234 g/mol. The van der Waals surface area contributed by atoms with Crippen molar-refractivity contribution in [2.24, 2.45) is 0 Å². The number of nitrogens with one attached hydrogen (secondary N) is 1. The molecule has 0 saturated carbocycles. The fourth-order valence-corrected chi connectivity index (χ4v) is 1.90. The van der Waals surface area contributed by atoms with Crippen LogP contribution < -0.4 is 5.32 Å². The van der Waals surface area contributed by atoms with E-state index >= 15 is 0 Å². The quantitative estimate of drug-likeness (QED) is 0.874.